The van der Waals surface area contributed by atoms with Gasteiger partial charge in [0.15, 0.2) is 11.5 Å². The number of benzene rings is 2. The first-order chi connectivity index (χ1) is 14.4. The molecule has 30 heavy (non-hydrogen) atoms. The zero-order chi connectivity index (χ0) is 21.8. The number of phenolic OH excluding ortho intramolecular Hbond substituents is 1. The summed E-state index contributed by atoms with van der Waals surface area (Å²) in [6.07, 6.45) is 2.99. The van der Waals surface area contributed by atoms with E-state index in [1.54, 1.807) is 6.07 Å². The molecule has 156 valence electrons. The Kier molecular flexibility index (Phi) is 6.06. The number of nitrogens with zero attached hydrogens (tertiary/aromatic N) is 1. The standard InChI is InChI=1S/C22H20FNO6/c1-28-19-9-4-13(10-18(19)25)20-16(21(26)29-2)11-24(12-17(20)22(27)30-3)15-7-5-14(23)6-8-15/h4-12,20,25H,1-3H3. The summed E-state index contributed by atoms with van der Waals surface area (Å²) in [4.78, 5) is 26.7. The fourth-order valence-electron chi connectivity index (χ4n) is 3.24. The number of ether oxygens (including phenoxy) is 3. The molecular weight excluding hydrogens is 393 g/mol. The lowest BCUT2D eigenvalue weighted by Gasteiger charge is -2.30. The van der Waals surface area contributed by atoms with Gasteiger partial charge in [-0.2, -0.15) is 0 Å². The van der Waals surface area contributed by atoms with Crippen LogP contribution in [0.25, 0.3) is 0 Å². The van der Waals surface area contributed by atoms with Crippen LogP contribution in [0.2, 0.25) is 0 Å². The minimum Gasteiger partial charge on any atom is -0.504 e. The number of hydrogen-bond donors (Lipinski definition) is 1. The monoisotopic (exact) mass is 413 g/mol. The van der Waals surface area contributed by atoms with Crippen molar-refractivity contribution in [3.8, 4) is 11.5 Å². The van der Waals surface area contributed by atoms with Gasteiger partial charge in [-0.25, -0.2) is 14.0 Å². The van der Waals surface area contributed by atoms with E-state index in [4.69, 9.17) is 14.2 Å². The number of anilines is 1. The molecule has 7 nitrogen and oxygen atoms in total. The Balaban J connectivity index is 2.17. The third-order valence-electron chi connectivity index (χ3n) is 4.68. The molecule has 3 rings (SSSR count). The predicted molar refractivity (Wildman–Crippen MR) is 106 cm³/mol. The van der Waals surface area contributed by atoms with Crippen LogP contribution < -0.4 is 9.64 Å². The fourth-order valence-corrected chi connectivity index (χ4v) is 3.24. The Hall–Kier alpha value is -3.81. The molecule has 0 unspecified atom stereocenters. The van der Waals surface area contributed by atoms with Crippen molar-refractivity contribution in [3.63, 3.8) is 0 Å². The van der Waals surface area contributed by atoms with Crippen LogP contribution in [0.5, 0.6) is 11.5 Å². The Bertz CT molecular complexity index is 994. The van der Waals surface area contributed by atoms with Crippen molar-refractivity contribution >= 4 is 17.6 Å². The number of rotatable bonds is 5. The van der Waals surface area contributed by atoms with E-state index in [0.717, 1.165) is 0 Å². The molecule has 2 aromatic carbocycles. The third kappa shape index (κ3) is 3.98. The lowest BCUT2D eigenvalue weighted by atomic mass is 9.83. The van der Waals surface area contributed by atoms with Crippen LogP contribution in [-0.4, -0.2) is 38.4 Å². The SMILES string of the molecule is COC(=O)C1=CN(c2ccc(F)cc2)C=C(C(=O)OC)C1c1ccc(OC)c(O)c1. The molecule has 0 spiro atoms. The van der Waals surface area contributed by atoms with Gasteiger partial charge in [0, 0.05) is 18.1 Å². The number of hydrogen-bond acceptors (Lipinski definition) is 7. The van der Waals surface area contributed by atoms with Crippen LogP contribution in [-0.2, 0) is 19.1 Å². The maximum absolute atomic E-state index is 13.3. The average molecular weight is 413 g/mol. The van der Waals surface area contributed by atoms with Gasteiger partial charge in [0.1, 0.15) is 5.82 Å². The second-order valence-electron chi connectivity index (χ2n) is 6.40. The van der Waals surface area contributed by atoms with E-state index < -0.39 is 23.7 Å². The Labute approximate surface area is 172 Å². The normalized spacial score (nSPS) is 13.9. The van der Waals surface area contributed by atoms with E-state index in [1.165, 1.54) is 75.0 Å². The highest BCUT2D eigenvalue weighted by molar-refractivity contribution is 6.00. The summed E-state index contributed by atoms with van der Waals surface area (Å²) in [5, 5.41) is 10.2. The molecule has 0 fully saturated rings. The molecule has 1 heterocycles. The van der Waals surface area contributed by atoms with Crippen LogP contribution in [0.15, 0.2) is 66.0 Å². The van der Waals surface area contributed by atoms with Crippen LogP contribution in [0, 0.1) is 5.82 Å². The van der Waals surface area contributed by atoms with Crippen molar-refractivity contribution in [1.29, 1.82) is 0 Å². The van der Waals surface area contributed by atoms with Crippen molar-refractivity contribution in [3.05, 3.63) is 77.4 Å². The van der Waals surface area contributed by atoms with E-state index >= 15 is 0 Å². The van der Waals surface area contributed by atoms with Crippen molar-refractivity contribution < 1.29 is 33.3 Å². The summed E-state index contributed by atoms with van der Waals surface area (Å²) in [6, 6.07) is 10.1. The largest absolute Gasteiger partial charge is 0.504 e. The third-order valence-corrected chi connectivity index (χ3v) is 4.68. The Morgan fingerprint density at radius 2 is 1.50 bits per heavy atom. The highest BCUT2D eigenvalue weighted by Crippen LogP contribution is 2.40. The Morgan fingerprint density at radius 1 is 0.933 bits per heavy atom. The molecule has 0 saturated heterocycles. The van der Waals surface area contributed by atoms with Crippen molar-refractivity contribution in [2.45, 2.75) is 5.92 Å². The van der Waals surface area contributed by atoms with E-state index in [-0.39, 0.29) is 22.6 Å². The van der Waals surface area contributed by atoms with E-state index in [2.05, 4.69) is 0 Å². The molecule has 1 aliphatic rings. The number of halogens is 1. The van der Waals surface area contributed by atoms with Crippen LogP contribution in [0.4, 0.5) is 10.1 Å². The van der Waals surface area contributed by atoms with E-state index in [1.807, 2.05) is 0 Å². The molecule has 0 bridgehead atoms. The van der Waals surface area contributed by atoms with Crippen molar-refractivity contribution in [2.75, 3.05) is 26.2 Å². The van der Waals surface area contributed by atoms with Gasteiger partial charge in [-0.3, -0.25) is 0 Å². The van der Waals surface area contributed by atoms with E-state index in [0.29, 0.717) is 11.3 Å². The number of phenols is 1. The van der Waals surface area contributed by atoms with Crippen molar-refractivity contribution in [2.24, 2.45) is 0 Å². The van der Waals surface area contributed by atoms with Gasteiger partial charge in [0.2, 0.25) is 0 Å². The minimum atomic E-state index is -0.863. The molecule has 0 atom stereocenters. The van der Waals surface area contributed by atoms with Gasteiger partial charge in [-0.1, -0.05) is 6.07 Å². The van der Waals surface area contributed by atoms with Gasteiger partial charge < -0.3 is 24.2 Å². The summed E-state index contributed by atoms with van der Waals surface area (Å²) in [5.41, 5.74) is 1.25. The molecule has 1 N–H and O–H groups in total. The predicted octanol–water partition coefficient (Wildman–Crippen LogP) is 3.26. The maximum atomic E-state index is 13.3. The molecule has 0 saturated carbocycles. The highest BCUT2D eigenvalue weighted by atomic mass is 19.1. The summed E-state index contributed by atoms with van der Waals surface area (Å²) in [7, 11) is 3.86. The summed E-state index contributed by atoms with van der Waals surface area (Å²) in [5.74, 6) is -2.52. The maximum Gasteiger partial charge on any atom is 0.336 e. The summed E-state index contributed by atoms with van der Waals surface area (Å²) in [6.45, 7) is 0. The lowest BCUT2D eigenvalue weighted by Crippen LogP contribution is -2.28. The van der Waals surface area contributed by atoms with E-state index in [9.17, 15) is 19.1 Å². The zero-order valence-electron chi connectivity index (χ0n) is 16.6. The molecular formula is C22H20FNO6. The smallest absolute Gasteiger partial charge is 0.336 e. The Morgan fingerprint density at radius 3 is 1.97 bits per heavy atom. The highest BCUT2D eigenvalue weighted by Gasteiger charge is 2.36. The molecule has 2 aromatic rings. The molecule has 0 amide bonds. The number of aromatic hydroxyl groups is 1. The van der Waals surface area contributed by atoms with Gasteiger partial charge in [-0.15, -0.1) is 0 Å². The molecule has 1 aliphatic heterocycles. The summed E-state index contributed by atoms with van der Waals surface area (Å²) < 4.78 is 28.2. The second-order valence-corrected chi connectivity index (χ2v) is 6.40. The second kappa shape index (κ2) is 8.69. The molecule has 0 aromatic heterocycles. The number of carbonyl (C=O) groups excluding carboxylic acids is 2. The first-order valence-electron chi connectivity index (χ1n) is 8.90. The first-order valence-corrected chi connectivity index (χ1v) is 8.90. The van der Waals surface area contributed by atoms with Crippen molar-refractivity contribution in [1.82, 2.24) is 0 Å². The van der Waals surface area contributed by atoms with Gasteiger partial charge >= 0.3 is 11.9 Å². The van der Waals surface area contributed by atoms with Gasteiger partial charge in [0.25, 0.3) is 0 Å². The first kappa shape index (κ1) is 20.9. The lowest BCUT2D eigenvalue weighted by molar-refractivity contribution is -0.137. The van der Waals surface area contributed by atoms with Crippen LogP contribution in [0.3, 0.4) is 0 Å². The zero-order valence-corrected chi connectivity index (χ0v) is 16.6. The number of carbonyl (C=O) groups is 2. The molecule has 0 aliphatic carbocycles. The minimum absolute atomic E-state index is 0.134. The van der Waals surface area contributed by atoms with Crippen LogP contribution in [0.1, 0.15) is 11.5 Å². The quantitative estimate of drug-likeness (QED) is 0.753. The van der Waals surface area contributed by atoms with Gasteiger partial charge in [0.05, 0.1) is 38.4 Å². The number of esters is 2. The molecule has 0 radical (unpaired) electrons. The van der Waals surface area contributed by atoms with Gasteiger partial charge in [-0.05, 0) is 42.0 Å². The molecule has 8 heteroatoms. The topological polar surface area (TPSA) is 85.3 Å². The fraction of sp³-hybridized carbons (Fsp3) is 0.182. The number of methoxy groups -OCH3 is 3. The average Bonchev–Trinajstić information content (AvgIpc) is 2.77. The summed E-state index contributed by atoms with van der Waals surface area (Å²) >= 11 is 0. The van der Waals surface area contributed by atoms with Crippen LogP contribution >= 0.6 is 0 Å².